The van der Waals surface area contributed by atoms with Crippen molar-refractivity contribution in [1.82, 2.24) is 10.2 Å². The summed E-state index contributed by atoms with van der Waals surface area (Å²) in [6.45, 7) is 5.67. The van der Waals surface area contributed by atoms with Gasteiger partial charge in [0.2, 0.25) is 5.91 Å². The summed E-state index contributed by atoms with van der Waals surface area (Å²) in [6, 6.07) is 6.85. The monoisotopic (exact) mass is 360 g/mol. The van der Waals surface area contributed by atoms with E-state index in [1.165, 1.54) is 0 Å². The molecule has 1 aromatic rings. The van der Waals surface area contributed by atoms with E-state index in [-0.39, 0.29) is 30.1 Å². The third-order valence-corrected chi connectivity index (χ3v) is 4.63. The number of nitrogens with one attached hydrogen (secondary N) is 1. The lowest BCUT2D eigenvalue weighted by molar-refractivity contribution is -0.137. The predicted molar refractivity (Wildman–Crippen MR) is 99.2 cm³/mol. The van der Waals surface area contributed by atoms with Gasteiger partial charge in [0.1, 0.15) is 5.75 Å². The van der Waals surface area contributed by atoms with Crippen molar-refractivity contribution in [3.63, 3.8) is 0 Å². The molecule has 6 heteroatoms. The quantitative estimate of drug-likeness (QED) is 0.723. The van der Waals surface area contributed by atoms with Gasteiger partial charge in [-0.05, 0) is 43.5 Å². The van der Waals surface area contributed by atoms with E-state index in [0.29, 0.717) is 50.2 Å². The van der Waals surface area contributed by atoms with E-state index in [1.807, 2.05) is 13.8 Å². The van der Waals surface area contributed by atoms with Gasteiger partial charge in [0.15, 0.2) is 12.4 Å². The molecule has 26 heavy (non-hydrogen) atoms. The number of amides is 2. The molecule has 0 saturated carbocycles. The molecule has 1 fully saturated rings. The number of piperidine rings is 1. The molecular formula is C20H28N2O4. The molecule has 0 aromatic heterocycles. The van der Waals surface area contributed by atoms with E-state index in [0.717, 1.165) is 6.42 Å². The highest BCUT2D eigenvalue weighted by molar-refractivity contribution is 5.95. The lowest BCUT2D eigenvalue weighted by Gasteiger charge is -2.31. The predicted octanol–water partition coefficient (Wildman–Crippen LogP) is 2.42. The molecule has 0 spiro atoms. The van der Waals surface area contributed by atoms with Gasteiger partial charge >= 0.3 is 0 Å². The summed E-state index contributed by atoms with van der Waals surface area (Å²) < 4.78 is 5.54. The van der Waals surface area contributed by atoms with Crippen LogP contribution in [0.1, 0.15) is 49.9 Å². The maximum Gasteiger partial charge on any atom is 0.260 e. The molecule has 0 radical (unpaired) electrons. The molecule has 0 unspecified atom stereocenters. The van der Waals surface area contributed by atoms with Crippen LogP contribution >= 0.6 is 0 Å². The van der Waals surface area contributed by atoms with Crippen LogP contribution in [0.2, 0.25) is 0 Å². The fourth-order valence-corrected chi connectivity index (χ4v) is 2.96. The third kappa shape index (κ3) is 5.58. The molecule has 0 aliphatic carbocycles. The van der Waals surface area contributed by atoms with Gasteiger partial charge in [-0.25, -0.2) is 0 Å². The second kappa shape index (κ2) is 9.94. The van der Waals surface area contributed by atoms with Crippen LogP contribution in [-0.2, 0) is 9.59 Å². The van der Waals surface area contributed by atoms with Crippen molar-refractivity contribution >= 4 is 17.6 Å². The molecule has 2 rings (SSSR count). The highest BCUT2D eigenvalue weighted by Crippen LogP contribution is 2.18. The molecule has 1 N–H and O–H groups in total. The van der Waals surface area contributed by atoms with Gasteiger partial charge in [-0.15, -0.1) is 0 Å². The lowest BCUT2D eigenvalue weighted by atomic mass is 9.96. The Kier molecular flexibility index (Phi) is 7.63. The van der Waals surface area contributed by atoms with Gasteiger partial charge in [-0.2, -0.15) is 0 Å². The molecule has 6 nitrogen and oxygen atoms in total. The fraction of sp³-hybridized carbons (Fsp3) is 0.550. The van der Waals surface area contributed by atoms with Crippen molar-refractivity contribution < 1.29 is 19.1 Å². The maximum absolute atomic E-state index is 12.3. The second-order valence-corrected chi connectivity index (χ2v) is 6.54. The van der Waals surface area contributed by atoms with Crippen molar-refractivity contribution in [2.75, 3.05) is 26.2 Å². The molecule has 2 amide bonds. The van der Waals surface area contributed by atoms with Crippen LogP contribution in [0.15, 0.2) is 24.3 Å². The van der Waals surface area contributed by atoms with E-state index in [2.05, 4.69) is 5.32 Å². The molecule has 1 aromatic carbocycles. The van der Waals surface area contributed by atoms with E-state index in [4.69, 9.17) is 4.74 Å². The summed E-state index contributed by atoms with van der Waals surface area (Å²) >= 11 is 0. The first-order valence-corrected chi connectivity index (χ1v) is 9.36. The van der Waals surface area contributed by atoms with E-state index < -0.39 is 0 Å². The Morgan fingerprint density at radius 2 is 1.77 bits per heavy atom. The highest BCUT2D eigenvalue weighted by Gasteiger charge is 2.27. The summed E-state index contributed by atoms with van der Waals surface area (Å²) in [5.74, 6) is 0.663. The van der Waals surface area contributed by atoms with Gasteiger partial charge in [0, 0.05) is 37.5 Å². The first-order chi connectivity index (χ1) is 12.5. The Hall–Kier alpha value is -2.37. The zero-order valence-corrected chi connectivity index (χ0v) is 15.6. The van der Waals surface area contributed by atoms with Crippen LogP contribution in [0.4, 0.5) is 0 Å². The maximum atomic E-state index is 12.3. The minimum atomic E-state index is -0.0777. The number of rotatable bonds is 8. The Morgan fingerprint density at radius 3 is 2.35 bits per heavy atom. The zero-order valence-electron chi connectivity index (χ0n) is 15.6. The van der Waals surface area contributed by atoms with Crippen LogP contribution in [0.3, 0.4) is 0 Å². The number of carbonyl (C=O) groups excluding carboxylic acids is 3. The van der Waals surface area contributed by atoms with Crippen molar-refractivity contribution in [1.29, 1.82) is 0 Å². The number of nitrogens with zero attached hydrogens (tertiary/aromatic N) is 1. The Balaban J connectivity index is 1.75. The van der Waals surface area contributed by atoms with Crippen LogP contribution in [-0.4, -0.2) is 48.7 Å². The number of Topliss-reactive ketones (excluding diaryl/α,β-unsaturated/α-hetero) is 1. The van der Waals surface area contributed by atoms with Gasteiger partial charge in [0.05, 0.1) is 0 Å². The number of carbonyl (C=O) groups is 3. The number of ketones is 1. The van der Waals surface area contributed by atoms with E-state index in [1.54, 1.807) is 29.2 Å². The minimum absolute atomic E-state index is 0.00448. The standard InChI is InChI=1S/C20H28N2O4/c1-3-11-21-20(25)16-9-12-22(13-10-16)19(24)14-26-17-7-5-15(6-8-17)18(23)4-2/h5-8,16H,3-4,9-14H2,1-2H3,(H,21,25). The molecule has 1 aliphatic heterocycles. The van der Waals surface area contributed by atoms with Crippen molar-refractivity contribution in [3.8, 4) is 5.75 Å². The first-order valence-electron chi connectivity index (χ1n) is 9.36. The van der Waals surface area contributed by atoms with Crippen LogP contribution in [0, 0.1) is 5.92 Å². The van der Waals surface area contributed by atoms with Crippen molar-refractivity contribution in [2.45, 2.75) is 39.5 Å². The molecule has 1 aliphatic rings. The molecule has 1 saturated heterocycles. The fourth-order valence-electron chi connectivity index (χ4n) is 2.96. The summed E-state index contributed by atoms with van der Waals surface area (Å²) in [6.07, 6.45) is 2.77. The summed E-state index contributed by atoms with van der Waals surface area (Å²) in [4.78, 5) is 37.6. The molecule has 0 bridgehead atoms. The summed E-state index contributed by atoms with van der Waals surface area (Å²) in [5.41, 5.74) is 0.648. The van der Waals surface area contributed by atoms with Gasteiger partial charge in [-0.1, -0.05) is 13.8 Å². The Morgan fingerprint density at radius 1 is 1.12 bits per heavy atom. The zero-order chi connectivity index (χ0) is 18.9. The van der Waals surface area contributed by atoms with Crippen molar-refractivity contribution in [3.05, 3.63) is 29.8 Å². The molecule has 1 heterocycles. The number of benzene rings is 1. The molecule has 0 atom stereocenters. The van der Waals surface area contributed by atoms with Crippen LogP contribution in [0.25, 0.3) is 0 Å². The number of hydrogen-bond acceptors (Lipinski definition) is 4. The van der Waals surface area contributed by atoms with E-state index >= 15 is 0 Å². The van der Waals surface area contributed by atoms with Crippen LogP contribution in [0.5, 0.6) is 5.75 Å². The lowest BCUT2D eigenvalue weighted by Crippen LogP contribution is -2.44. The first kappa shape index (κ1) is 19.9. The van der Waals surface area contributed by atoms with Gasteiger partial charge < -0.3 is 15.0 Å². The van der Waals surface area contributed by atoms with Crippen LogP contribution < -0.4 is 10.1 Å². The van der Waals surface area contributed by atoms with Gasteiger partial charge in [0.25, 0.3) is 5.91 Å². The van der Waals surface area contributed by atoms with Gasteiger partial charge in [-0.3, -0.25) is 14.4 Å². The number of likely N-dealkylation sites (tertiary alicyclic amines) is 1. The Bertz CT molecular complexity index is 619. The average Bonchev–Trinajstić information content (AvgIpc) is 2.70. The highest BCUT2D eigenvalue weighted by atomic mass is 16.5. The summed E-state index contributed by atoms with van der Waals surface area (Å²) in [7, 11) is 0. The summed E-state index contributed by atoms with van der Waals surface area (Å²) in [5, 5.41) is 2.92. The Labute approximate surface area is 154 Å². The number of hydrogen-bond donors (Lipinski definition) is 1. The van der Waals surface area contributed by atoms with Crippen molar-refractivity contribution in [2.24, 2.45) is 5.92 Å². The number of ether oxygens (including phenoxy) is 1. The topological polar surface area (TPSA) is 75.7 Å². The average molecular weight is 360 g/mol. The third-order valence-electron chi connectivity index (χ3n) is 4.63. The second-order valence-electron chi connectivity index (χ2n) is 6.54. The minimum Gasteiger partial charge on any atom is -0.484 e. The normalized spacial score (nSPS) is 14.8. The SMILES string of the molecule is CCCNC(=O)C1CCN(C(=O)COc2ccc(C(=O)CC)cc2)CC1. The largest absolute Gasteiger partial charge is 0.484 e. The molecule has 142 valence electrons. The van der Waals surface area contributed by atoms with E-state index in [9.17, 15) is 14.4 Å². The molecular weight excluding hydrogens is 332 g/mol. The smallest absolute Gasteiger partial charge is 0.260 e.